The van der Waals surface area contributed by atoms with Gasteiger partial charge in [-0.1, -0.05) is 24.3 Å². The van der Waals surface area contributed by atoms with Crippen molar-refractivity contribution in [3.63, 3.8) is 0 Å². The molecule has 128 valence electrons. The van der Waals surface area contributed by atoms with Crippen LogP contribution in [0.5, 0.6) is 0 Å². The molecular formula is C18H16F2N4O. The molecule has 0 fully saturated rings. The minimum absolute atomic E-state index is 0.00499. The lowest BCUT2D eigenvalue weighted by Crippen LogP contribution is -2.33. The Morgan fingerprint density at radius 1 is 1.12 bits per heavy atom. The van der Waals surface area contributed by atoms with E-state index in [1.165, 1.54) is 41.6 Å². The highest BCUT2D eigenvalue weighted by Gasteiger charge is 2.17. The van der Waals surface area contributed by atoms with Crippen LogP contribution in [-0.4, -0.2) is 20.7 Å². The van der Waals surface area contributed by atoms with Gasteiger partial charge in [0.2, 0.25) is 5.91 Å². The van der Waals surface area contributed by atoms with Gasteiger partial charge in [0, 0.05) is 0 Å². The van der Waals surface area contributed by atoms with Crippen molar-refractivity contribution in [2.45, 2.75) is 19.0 Å². The first-order chi connectivity index (χ1) is 12.1. The van der Waals surface area contributed by atoms with Gasteiger partial charge in [-0.05, 0) is 41.8 Å². The van der Waals surface area contributed by atoms with Gasteiger partial charge in [0.1, 0.15) is 30.8 Å². The molecule has 25 heavy (non-hydrogen) atoms. The Morgan fingerprint density at radius 2 is 1.88 bits per heavy atom. The van der Waals surface area contributed by atoms with Crippen LogP contribution in [0.1, 0.15) is 17.2 Å². The molecule has 3 aromatic rings. The SMILES string of the molecule is O=C(Cn1cncn1)N[C@H](Cc1cccc(F)c1)c1cccc(F)c1. The highest BCUT2D eigenvalue weighted by Crippen LogP contribution is 2.20. The molecular weight excluding hydrogens is 326 g/mol. The maximum Gasteiger partial charge on any atom is 0.242 e. The van der Waals surface area contributed by atoms with E-state index in [4.69, 9.17) is 0 Å². The lowest BCUT2D eigenvalue weighted by atomic mass is 9.98. The molecule has 1 atom stereocenters. The van der Waals surface area contributed by atoms with Crippen molar-refractivity contribution in [3.8, 4) is 0 Å². The molecule has 0 spiro atoms. The fourth-order valence-electron chi connectivity index (χ4n) is 2.58. The van der Waals surface area contributed by atoms with E-state index in [2.05, 4.69) is 15.4 Å². The Kier molecular flexibility index (Phi) is 5.13. The number of aromatic nitrogens is 3. The average molecular weight is 342 g/mol. The number of hydrogen-bond donors (Lipinski definition) is 1. The molecule has 0 saturated carbocycles. The van der Waals surface area contributed by atoms with Crippen LogP contribution < -0.4 is 5.32 Å². The molecule has 7 heteroatoms. The second-order valence-corrected chi connectivity index (χ2v) is 5.60. The van der Waals surface area contributed by atoms with E-state index in [-0.39, 0.29) is 18.3 Å². The maximum absolute atomic E-state index is 13.6. The van der Waals surface area contributed by atoms with Crippen molar-refractivity contribution in [3.05, 3.63) is 83.9 Å². The van der Waals surface area contributed by atoms with Crippen LogP contribution in [0, 0.1) is 11.6 Å². The van der Waals surface area contributed by atoms with E-state index in [1.807, 2.05) is 0 Å². The van der Waals surface area contributed by atoms with Gasteiger partial charge in [-0.2, -0.15) is 5.10 Å². The van der Waals surface area contributed by atoms with Gasteiger partial charge in [0.05, 0.1) is 6.04 Å². The molecule has 1 heterocycles. The Balaban J connectivity index is 1.79. The summed E-state index contributed by atoms with van der Waals surface area (Å²) in [6, 6.07) is 11.6. The van der Waals surface area contributed by atoms with Crippen molar-refractivity contribution < 1.29 is 13.6 Å². The number of benzene rings is 2. The van der Waals surface area contributed by atoms with Crippen LogP contribution in [0.25, 0.3) is 0 Å². The number of amides is 1. The zero-order chi connectivity index (χ0) is 17.6. The number of hydrogen-bond acceptors (Lipinski definition) is 3. The average Bonchev–Trinajstić information content (AvgIpc) is 3.07. The Labute approximate surface area is 143 Å². The second kappa shape index (κ2) is 7.65. The first-order valence-electron chi connectivity index (χ1n) is 7.72. The van der Waals surface area contributed by atoms with Crippen molar-refractivity contribution in [1.82, 2.24) is 20.1 Å². The normalized spacial score (nSPS) is 11.9. The van der Waals surface area contributed by atoms with E-state index in [0.717, 1.165) is 0 Å². The molecule has 0 saturated heterocycles. The Bertz CT molecular complexity index is 852. The van der Waals surface area contributed by atoms with Gasteiger partial charge in [-0.25, -0.2) is 18.4 Å². The first kappa shape index (κ1) is 16.8. The van der Waals surface area contributed by atoms with Crippen LogP contribution in [0.3, 0.4) is 0 Å². The molecule has 0 aliphatic heterocycles. The van der Waals surface area contributed by atoms with Gasteiger partial charge < -0.3 is 5.32 Å². The molecule has 1 amide bonds. The molecule has 0 aliphatic carbocycles. The van der Waals surface area contributed by atoms with E-state index >= 15 is 0 Å². The van der Waals surface area contributed by atoms with Crippen molar-refractivity contribution in [1.29, 1.82) is 0 Å². The van der Waals surface area contributed by atoms with Crippen LogP contribution >= 0.6 is 0 Å². The highest BCUT2D eigenvalue weighted by atomic mass is 19.1. The summed E-state index contributed by atoms with van der Waals surface area (Å²) in [7, 11) is 0. The number of nitrogens with one attached hydrogen (secondary N) is 1. The standard InChI is InChI=1S/C18H16F2N4O/c19-15-5-1-3-13(7-15)8-17(14-4-2-6-16(20)9-14)23-18(25)10-24-12-21-11-22-24/h1-7,9,11-12,17H,8,10H2,(H,23,25)/t17-/m1/s1. The third kappa shape index (κ3) is 4.69. The summed E-state index contributed by atoms with van der Waals surface area (Å²) < 4.78 is 28.4. The lowest BCUT2D eigenvalue weighted by molar-refractivity contribution is -0.122. The minimum atomic E-state index is -0.492. The predicted molar refractivity (Wildman–Crippen MR) is 87.4 cm³/mol. The maximum atomic E-state index is 13.6. The summed E-state index contributed by atoms with van der Waals surface area (Å²) in [4.78, 5) is 16.1. The third-order valence-corrected chi connectivity index (χ3v) is 3.69. The largest absolute Gasteiger partial charge is 0.347 e. The quantitative estimate of drug-likeness (QED) is 0.749. The second-order valence-electron chi connectivity index (χ2n) is 5.60. The summed E-state index contributed by atoms with van der Waals surface area (Å²) >= 11 is 0. The summed E-state index contributed by atoms with van der Waals surface area (Å²) in [6.07, 6.45) is 3.11. The summed E-state index contributed by atoms with van der Waals surface area (Å²) in [5.74, 6) is -1.05. The molecule has 0 bridgehead atoms. The fourth-order valence-corrected chi connectivity index (χ4v) is 2.58. The van der Waals surface area contributed by atoms with E-state index < -0.39 is 11.9 Å². The van der Waals surface area contributed by atoms with Gasteiger partial charge in [-0.3, -0.25) is 4.79 Å². The van der Waals surface area contributed by atoms with Gasteiger partial charge in [0.25, 0.3) is 0 Å². The number of halogens is 2. The Morgan fingerprint density at radius 3 is 2.56 bits per heavy atom. The first-order valence-corrected chi connectivity index (χ1v) is 7.72. The van der Waals surface area contributed by atoms with Gasteiger partial charge in [0.15, 0.2) is 0 Å². The number of carbonyl (C=O) groups is 1. The monoisotopic (exact) mass is 342 g/mol. The molecule has 1 N–H and O–H groups in total. The smallest absolute Gasteiger partial charge is 0.242 e. The van der Waals surface area contributed by atoms with Crippen molar-refractivity contribution in [2.24, 2.45) is 0 Å². The van der Waals surface area contributed by atoms with Gasteiger partial charge in [-0.15, -0.1) is 0 Å². The fraction of sp³-hybridized carbons (Fsp3) is 0.167. The molecule has 0 radical (unpaired) electrons. The third-order valence-electron chi connectivity index (χ3n) is 3.69. The summed E-state index contributed by atoms with van der Waals surface area (Å²) in [6.45, 7) is -0.00499. The lowest BCUT2D eigenvalue weighted by Gasteiger charge is -2.20. The summed E-state index contributed by atoms with van der Waals surface area (Å²) in [5, 5.41) is 6.73. The number of carbonyl (C=O) groups excluding carboxylic acids is 1. The summed E-state index contributed by atoms with van der Waals surface area (Å²) in [5.41, 5.74) is 1.31. The van der Waals surface area contributed by atoms with Crippen LogP contribution in [0.15, 0.2) is 61.2 Å². The van der Waals surface area contributed by atoms with Crippen LogP contribution in [-0.2, 0) is 17.8 Å². The van der Waals surface area contributed by atoms with Crippen molar-refractivity contribution in [2.75, 3.05) is 0 Å². The van der Waals surface area contributed by atoms with Crippen molar-refractivity contribution >= 4 is 5.91 Å². The predicted octanol–water partition coefficient (Wildman–Crippen LogP) is 2.66. The molecule has 5 nitrogen and oxygen atoms in total. The highest BCUT2D eigenvalue weighted by molar-refractivity contribution is 5.76. The molecule has 0 aliphatic rings. The van der Waals surface area contributed by atoms with E-state index in [9.17, 15) is 13.6 Å². The zero-order valence-electron chi connectivity index (χ0n) is 13.3. The Hall–Kier alpha value is -3.09. The van der Waals surface area contributed by atoms with E-state index in [0.29, 0.717) is 17.5 Å². The van der Waals surface area contributed by atoms with Gasteiger partial charge >= 0.3 is 0 Å². The number of rotatable bonds is 6. The topological polar surface area (TPSA) is 59.8 Å². The molecule has 1 aromatic heterocycles. The van der Waals surface area contributed by atoms with E-state index in [1.54, 1.807) is 24.3 Å². The minimum Gasteiger partial charge on any atom is -0.347 e. The zero-order valence-corrected chi connectivity index (χ0v) is 13.3. The molecule has 3 rings (SSSR count). The van der Waals surface area contributed by atoms with Crippen LogP contribution in [0.2, 0.25) is 0 Å². The molecule has 0 unspecified atom stereocenters. The number of nitrogens with zero attached hydrogens (tertiary/aromatic N) is 3. The molecule has 2 aromatic carbocycles. The van der Waals surface area contributed by atoms with Crippen LogP contribution in [0.4, 0.5) is 8.78 Å².